The third kappa shape index (κ3) is 14.3. The van der Waals surface area contributed by atoms with Gasteiger partial charge in [0.2, 0.25) is 11.4 Å². The third-order valence-electron chi connectivity index (χ3n) is 3.84. The quantitative estimate of drug-likeness (QED) is 0.115. The van der Waals surface area contributed by atoms with E-state index in [1.54, 1.807) is 6.08 Å². The number of aldehydes is 1. The molecule has 0 aromatic heterocycles. The first kappa shape index (κ1) is 24.4. The second-order valence-electron chi connectivity index (χ2n) is 6.08. The topological polar surface area (TPSA) is 103 Å². The molecule has 0 aliphatic rings. The molecule has 0 aliphatic carbocycles. The lowest BCUT2D eigenvalue weighted by molar-refractivity contribution is -0.428. The molecule has 0 rings (SSSR count). The van der Waals surface area contributed by atoms with Gasteiger partial charge in [-0.2, -0.15) is 0 Å². The molecule has 0 amide bonds. The Morgan fingerprint density at radius 1 is 0.815 bits per heavy atom. The van der Waals surface area contributed by atoms with Crippen molar-refractivity contribution in [3.05, 3.63) is 68.1 Å². The molecule has 0 spiro atoms. The van der Waals surface area contributed by atoms with Gasteiger partial charge in [0.1, 0.15) is 6.29 Å². The van der Waals surface area contributed by atoms with Crippen LogP contribution in [0.25, 0.3) is 0 Å². The minimum atomic E-state index is -0.448. The minimum absolute atomic E-state index is 0.0359. The highest BCUT2D eigenvalue weighted by Gasteiger charge is 2.11. The Morgan fingerprint density at radius 3 is 2.11 bits per heavy atom. The van der Waals surface area contributed by atoms with Crippen LogP contribution in [0.1, 0.15) is 71.1 Å². The molecule has 0 bridgehead atoms. The molecule has 7 heteroatoms. The van der Waals surface area contributed by atoms with E-state index in [0.29, 0.717) is 19.3 Å². The summed E-state index contributed by atoms with van der Waals surface area (Å²) in [6, 6.07) is 0. The standard InChI is InChI=1S/C20H30N2O5/c1-2-3-10-14-19(21(24)25)16-13-17-20(22(26)27)15-11-8-6-4-5-7-9-12-18-23/h4-5,8,11,16-18H,2-3,6-7,9-10,12-15H2,1H3/b5-4-,11-8-,19-16+,20-17+. The fourth-order valence-corrected chi connectivity index (χ4v) is 2.30. The Kier molecular flexibility index (Phi) is 15.3. The monoisotopic (exact) mass is 378 g/mol. The zero-order valence-electron chi connectivity index (χ0n) is 16.0. The van der Waals surface area contributed by atoms with E-state index in [4.69, 9.17) is 0 Å². The summed E-state index contributed by atoms with van der Waals surface area (Å²) in [7, 11) is 0. The van der Waals surface area contributed by atoms with Crippen LogP contribution >= 0.6 is 0 Å². The number of carbonyl (C=O) groups excluding carboxylic acids is 1. The number of allylic oxidation sites excluding steroid dienone is 7. The van der Waals surface area contributed by atoms with Crippen LogP contribution in [0.4, 0.5) is 0 Å². The van der Waals surface area contributed by atoms with Gasteiger partial charge >= 0.3 is 0 Å². The Hall–Kier alpha value is -2.57. The number of unbranched alkanes of at least 4 members (excludes halogenated alkanes) is 4. The lowest BCUT2D eigenvalue weighted by Crippen LogP contribution is -2.00. The maximum atomic E-state index is 11.1. The van der Waals surface area contributed by atoms with Gasteiger partial charge in [-0.3, -0.25) is 20.2 Å². The first-order valence-corrected chi connectivity index (χ1v) is 9.43. The highest BCUT2D eigenvalue weighted by Crippen LogP contribution is 2.12. The van der Waals surface area contributed by atoms with Crippen molar-refractivity contribution in [2.24, 2.45) is 0 Å². The van der Waals surface area contributed by atoms with Crippen LogP contribution in [0, 0.1) is 20.2 Å². The largest absolute Gasteiger partial charge is 0.303 e. The first-order chi connectivity index (χ1) is 13.0. The van der Waals surface area contributed by atoms with Crippen LogP contribution in [0.15, 0.2) is 47.9 Å². The average molecular weight is 378 g/mol. The van der Waals surface area contributed by atoms with Gasteiger partial charge in [0.15, 0.2) is 0 Å². The van der Waals surface area contributed by atoms with Gasteiger partial charge in [-0.15, -0.1) is 0 Å². The number of hydrogen-bond acceptors (Lipinski definition) is 5. The van der Waals surface area contributed by atoms with Crippen LogP contribution in [-0.2, 0) is 4.79 Å². The van der Waals surface area contributed by atoms with Gasteiger partial charge in [-0.1, -0.05) is 44.1 Å². The smallest absolute Gasteiger partial charge is 0.246 e. The Labute approximate surface area is 160 Å². The van der Waals surface area contributed by atoms with Gasteiger partial charge < -0.3 is 4.79 Å². The highest BCUT2D eigenvalue weighted by atomic mass is 16.6. The van der Waals surface area contributed by atoms with Gasteiger partial charge in [-0.05, 0) is 44.3 Å². The molecule has 7 nitrogen and oxygen atoms in total. The van der Waals surface area contributed by atoms with E-state index >= 15 is 0 Å². The molecule has 27 heavy (non-hydrogen) atoms. The molecule has 0 saturated heterocycles. The summed E-state index contributed by atoms with van der Waals surface area (Å²) in [5.74, 6) is 0. The van der Waals surface area contributed by atoms with E-state index in [1.807, 2.05) is 25.2 Å². The predicted molar refractivity (Wildman–Crippen MR) is 106 cm³/mol. The van der Waals surface area contributed by atoms with E-state index in [1.165, 1.54) is 12.2 Å². The van der Waals surface area contributed by atoms with Crippen molar-refractivity contribution in [3.63, 3.8) is 0 Å². The van der Waals surface area contributed by atoms with Crippen molar-refractivity contribution < 1.29 is 14.6 Å². The maximum Gasteiger partial charge on any atom is 0.246 e. The molecule has 0 aliphatic heterocycles. The van der Waals surface area contributed by atoms with Crippen LogP contribution in [0.3, 0.4) is 0 Å². The van der Waals surface area contributed by atoms with Crippen molar-refractivity contribution in [2.75, 3.05) is 0 Å². The molecule has 0 N–H and O–H groups in total. The lowest BCUT2D eigenvalue weighted by atomic mass is 10.1. The Morgan fingerprint density at radius 2 is 1.48 bits per heavy atom. The summed E-state index contributed by atoms with van der Waals surface area (Å²) in [5, 5.41) is 22.1. The summed E-state index contributed by atoms with van der Waals surface area (Å²) < 4.78 is 0. The summed E-state index contributed by atoms with van der Waals surface area (Å²) in [6.45, 7) is 2.03. The van der Waals surface area contributed by atoms with Gasteiger partial charge in [0, 0.05) is 12.8 Å². The van der Waals surface area contributed by atoms with Crippen molar-refractivity contribution in [3.8, 4) is 0 Å². The SMILES string of the molecule is CCCCC/C(=C\C/C=C(\C/C=C\C/C=C\CCCC=O)[N+](=O)[O-])[N+](=O)[O-]. The zero-order valence-corrected chi connectivity index (χ0v) is 16.0. The van der Waals surface area contributed by atoms with Crippen molar-refractivity contribution in [1.82, 2.24) is 0 Å². The molecule has 0 fully saturated rings. The molecule has 0 aromatic carbocycles. The zero-order chi connectivity index (χ0) is 20.3. The van der Waals surface area contributed by atoms with Crippen molar-refractivity contribution in [2.45, 2.75) is 71.1 Å². The first-order valence-electron chi connectivity index (χ1n) is 9.43. The van der Waals surface area contributed by atoms with E-state index in [9.17, 15) is 25.0 Å². The normalized spacial score (nSPS) is 12.8. The van der Waals surface area contributed by atoms with Gasteiger partial charge in [0.25, 0.3) is 0 Å². The molecule has 0 radical (unpaired) electrons. The molecule has 0 aromatic rings. The van der Waals surface area contributed by atoms with Crippen molar-refractivity contribution in [1.29, 1.82) is 0 Å². The van der Waals surface area contributed by atoms with E-state index in [-0.39, 0.29) is 24.2 Å². The van der Waals surface area contributed by atoms with Crippen LogP contribution in [0.2, 0.25) is 0 Å². The van der Waals surface area contributed by atoms with Gasteiger partial charge in [-0.25, -0.2) is 0 Å². The number of hydrogen-bond donors (Lipinski definition) is 0. The van der Waals surface area contributed by atoms with Crippen LogP contribution in [0.5, 0.6) is 0 Å². The summed E-state index contributed by atoms with van der Waals surface area (Å²) in [5.41, 5.74) is 0.159. The molecule has 0 saturated carbocycles. The molecule has 150 valence electrons. The average Bonchev–Trinajstić information content (AvgIpc) is 2.63. The van der Waals surface area contributed by atoms with E-state index < -0.39 is 9.85 Å². The highest BCUT2D eigenvalue weighted by molar-refractivity contribution is 5.49. The maximum absolute atomic E-state index is 11.1. The summed E-state index contributed by atoms with van der Waals surface area (Å²) in [4.78, 5) is 31.4. The lowest BCUT2D eigenvalue weighted by Gasteiger charge is -1.98. The fraction of sp³-hybridized carbons (Fsp3) is 0.550. The van der Waals surface area contributed by atoms with E-state index in [0.717, 1.165) is 38.4 Å². The Bertz CT molecular complexity index is 577. The molecule has 0 unspecified atom stereocenters. The van der Waals surface area contributed by atoms with Crippen LogP contribution in [-0.4, -0.2) is 16.1 Å². The molecule has 0 heterocycles. The predicted octanol–water partition coefficient (Wildman–Crippen LogP) is 5.54. The number of carbonyl (C=O) groups is 1. The number of rotatable bonds is 16. The molecule has 0 atom stereocenters. The van der Waals surface area contributed by atoms with E-state index in [2.05, 4.69) is 0 Å². The van der Waals surface area contributed by atoms with Gasteiger partial charge in [0.05, 0.1) is 16.3 Å². The number of nitro groups is 2. The number of nitrogens with zero attached hydrogens (tertiary/aromatic N) is 2. The summed E-state index contributed by atoms with van der Waals surface area (Å²) in [6.07, 6.45) is 17.6. The summed E-state index contributed by atoms with van der Waals surface area (Å²) >= 11 is 0. The fourth-order valence-electron chi connectivity index (χ4n) is 2.30. The second kappa shape index (κ2) is 16.9. The van der Waals surface area contributed by atoms with Crippen LogP contribution < -0.4 is 0 Å². The molecular formula is C20H30N2O5. The second-order valence-corrected chi connectivity index (χ2v) is 6.08. The third-order valence-corrected chi connectivity index (χ3v) is 3.84. The minimum Gasteiger partial charge on any atom is -0.303 e. The Balaban J connectivity index is 4.49. The van der Waals surface area contributed by atoms with Crippen molar-refractivity contribution >= 4 is 6.29 Å². The molecular weight excluding hydrogens is 348 g/mol.